The Hall–Kier alpha value is -5.71. The second kappa shape index (κ2) is 14.5. The smallest absolute Gasteiger partial charge is 0.323 e. The van der Waals surface area contributed by atoms with Crippen LogP contribution in [0.2, 0.25) is 0 Å². The van der Waals surface area contributed by atoms with Crippen molar-refractivity contribution >= 4 is 46.6 Å². The number of carboxylic acids is 1. The summed E-state index contributed by atoms with van der Waals surface area (Å²) in [6, 6.07) is 21.3. The zero-order valence-corrected chi connectivity index (χ0v) is 24.5. The topological polar surface area (TPSA) is 150 Å². The van der Waals surface area contributed by atoms with Gasteiger partial charge in [0.2, 0.25) is 11.8 Å². The van der Waals surface area contributed by atoms with Gasteiger partial charge >= 0.3 is 12.0 Å². The number of benzene rings is 3. The zero-order valence-electron chi connectivity index (χ0n) is 24.5. The van der Waals surface area contributed by atoms with E-state index >= 15 is 0 Å². The maximum Gasteiger partial charge on any atom is 0.323 e. The molecule has 0 radical (unpaired) electrons. The molecule has 4 amide bonds. The van der Waals surface area contributed by atoms with Gasteiger partial charge in [-0.3, -0.25) is 19.4 Å². The number of methoxy groups -OCH3 is 1. The fourth-order valence-electron chi connectivity index (χ4n) is 4.72. The Kier molecular flexibility index (Phi) is 10.3. The van der Waals surface area contributed by atoms with Gasteiger partial charge in [-0.25, -0.2) is 4.79 Å². The van der Waals surface area contributed by atoms with Crippen LogP contribution in [0, 0.1) is 6.92 Å². The third-order valence-electron chi connectivity index (χ3n) is 6.79. The number of aromatic nitrogens is 1. The molecule has 4 aromatic rings. The van der Waals surface area contributed by atoms with E-state index in [9.17, 15) is 24.3 Å². The molecule has 11 nitrogen and oxygen atoms in total. The van der Waals surface area contributed by atoms with Gasteiger partial charge in [-0.2, -0.15) is 0 Å². The summed E-state index contributed by atoms with van der Waals surface area (Å²) in [5, 5.41) is 18.0. The number of nitrogens with one attached hydrogen (secondary N) is 3. The molecule has 0 aliphatic carbocycles. The van der Waals surface area contributed by atoms with Crippen LogP contribution in [-0.2, 0) is 20.8 Å². The molecule has 1 heterocycles. The van der Waals surface area contributed by atoms with Gasteiger partial charge in [0.05, 0.1) is 43.6 Å². The van der Waals surface area contributed by atoms with Crippen molar-refractivity contribution in [1.29, 1.82) is 0 Å². The van der Waals surface area contributed by atoms with Gasteiger partial charge < -0.3 is 30.7 Å². The molecule has 44 heavy (non-hydrogen) atoms. The van der Waals surface area contributed by atoms with Crippen LogP contribution in [0.15, 0.2) is 91.3 Å². The van der Waals surface area contributed by atoms with Gasteiger partial charge in [0, 0.05) is 24.5 Å². The van der Waals surface area contributed by atoms with E-state index in [1.807, 2.05) is 25.1 Å². The Morgan fingerprint density at radius 1 is 0.909 bits per heavy atom. The van der Waals surface area contributed by atoms with Gasteiger partial charge in [-0.05, 0) is 66.1 Å². The molecule has 0 bridgehead atoms. The predicted molar refractivity (Wildman–Crippen MR) is 168 cm³/mol. The summed E-state index contributed by atoms with van der Waals surface area (Å²) in [6.45, 7) is 3.26. The number of aryl methyl sites for hydroxylation is 1. The number of anilines is 4. The number of urea groups is 1. The first-order valence-electron chi connectivity index (χ1n) is 13.8. The number of carboxylic acid groups (broad SMARTS) is 1. The van der Waals surface area contributed by atoms with Gasteiger partial charge in [0.1, 0.15) is 5.75 Å². The quantitative estimate of drug-likeness (QED) is 0.171. The van der Waals surface area contributed by atoms with Crippen molar-refractivity contribution in [3.63, 3.8) is 0 Å². The van der Waals surface area contributed by atoms with Gasteiger partial charge in [-0.15, -0.1) is 0 Å². The summed E-state index contributed by atoms with van der Waals surface area (Å²) in [5.41, 5.74) is 4.29. The molecule has 226 valence electrons. The molecule has 0 saturated carbocycles. The molecule has 0 fully saturated rings. The number of amides is 4. The average molecular weight is 596 g/mol. The number of ether oxygens (including phenoxy) is 1. The molecule has 4 rings (SSSR count). The Balaban J connectivity index is 1.42. The third-order valence-corrected chi connectivity index (χ3v) is 6.79. The molecule has 0 aliphatic heterocycles. The molecule has 3 aromatic carbocycles. The lowest BCUT2D eigenvalue weighted by Gasteiger charge is -2.30. The minimum Gasteiger partial charge on any atom is -0.495 e. The molecule has 0 saturated heterocycles. The van der Waals surface area contributed by atoms with Gasteiger partial charge in [0.25, 0.3) is 0 Å². The van der Waals surface area contributed by atoms with Crippen LogP contribution >= 0.6 is 0 Å². The van der Waals surface area contributed by atoms with E-state index in [4.69, 9.17) is 4.74 Å². The highest BCUT2D eigenvalue weighted by atomic mass is 16.5. The highest BCUT2D eigenvalue weighted by Crippen LogP contribution is 2.31. The van der Waals surface area contributed by atoms with Crippen LogP contribution in [0.5, 0.6) is 5.75 Å². The van der Waals surface area contributed by atoms with Crippen LogP contribution in [-0.4, -0.2) is 41.0 Å². The summed E-state index contributed by atoms with van der Waals surface area (Å²) >= 11 is 0. The van der Waals surface area contributed by atoms with Crippen molar-refractivity contribution in [3.05, 3.63) is 108 Å². The molecule has 1 atom stereocenters. The number of hydrogen-bond acceptors (Lipinski definition) is 6. The van der Waals surface area contributed by atoms with Crippen LogP contribution in [0.3, 0.4) is 0 Å². The van der Waals surface area contributed by atoms with Crippen molar-refractivity contribution in [2.45, 2.75) is 32.7 Å². The molecular weight excluding hydrogens is 562 g/mol. The summed E-state index contributed by atoms with van der Waals surface area (Å²) in [7, 11) is 1.48. The predicted octanol–water partition coefficient (Wildman–Crippen LogP) is 5.79. The fourth-order valence-corrected chi connectivity index (χ4v) is 4.72. The van der Waals surface area contributed by atoms with Crippen LogP contribution in [0.1, 0.15) is 36.1 Å². The standard InChI is InChI=1S/C33H33N5O6/c1-21-7-4-5-9-27(21)36-33(43)37-28-15-10-23(17-30(28)44-3)18-31(40)35-25-13-11-24(12-14-25)29(19-32(41)42)38(22(2)39)26-8-6-16-34-20-26/h4-17,20,29H,18-19H2,1-3H3,(H,35,40)(H,41,42)(H2,36,37,43). The second-order valence-corrected chi connectivity index (χ2v) is 9.99. The monoisotopic (exact) mass is 595 g/mol. The first kappa shape index (κ1) is 31.2. The largest absolute Gasteiger partial charge is 0.495 e. The lowest BCUT2D eigenvalue weighted by atomic mass is 10.0. The lowest BCUT2D eigenvalue weighted by Crippen LogP contribution is -2.34. The number of para-hydroxylation sites is 1. The summed E-state index contributed by atoms with van der Waals surface area (Å²) in [4.78, 5) is 55.1. The van der Waals surface area contributed by atoms with E-state index in [1.165, 1.54) is 25.1 Å². The lowest BCUT2D eigenvalue weighted by molar-refractivity contribution is -0.137. The van der Waals surface area contributed by atoms with Crippen LogP contribution in [0.25, 0.3) is 0 Å². The second-order valence-electron chi connectivity index (χ2n) is 9.99. The van der Waals surface area contributed by atoms with E-state index < -0.39 is 18.0 Å². The minimum atomic E-state index is -1.06. The molecule has 0 spiro atoms. The number of pyridine rings is 1. The van der Waals surface area contributed by atoms with E-state index in [1.54, 1.807) is 66.9 Å². The van der Waals surface area contributed by atoms with Crippen molar-refractivity contribution in [2.75, 3.05) is 28.0 Å². The van der Waals surface area contributed by atoms with E-state index in [0.29, 0.717) is 39.6 Å². The number of hydrogen-bond donors (Lipinski definition) is 4. The Morgan fingerprint density at radius 2 is 1.64 bits per heavy atom. The molecule has 1 aromatic heterocycles. The number of rotatable bonds is 11. The van der Waals surface area contributed by atoms with E-state index in [0.717, 1.165) is 5.56 Å². The van der Waals surface area contributed by atoms with Crippen LogP contribution < -0.4 is 25.6 Å². The molecule has 4 N–H and O–H groups in total. The molecule has 1 unspecified atom stereocenters. The van der Waals surface area contributed by atoms with Gasteiger partial charge in [0.15, 0.2) is 0 Å². The first-order valence-corrected chi connectivity index (χ1v) is 13.8. The average Bonchev–Trinajstić information content (AvgIpc) is 2.99. The van der Waals surface area contributed by atoms with Crippen molar-refractivity contribution in [1.82, 2.24) is 4.98 Å². The maximum atomic E-state index is 12.9. The van der Waals surface area contributed by atoms with Crippen molar-refractivity contribution in [3.8, 4) is 5.75 Å². The number of nitrogens with zero attached hydrogens (tertiary/aromatic N) is 2. The fraction of sp³-hybridized carbons (Fsp3) is 0.182. The summed E-state index contributed by atoms with van der Waals surface area (Å²) < 4.78 is 5.44. The Morgan fingerprint density at radius 3 is 2.27 bits per heavy atom. The SMILES string of the molecule is COc1cc(CC(=O)Nc2ccc(C(CC(=O)O)N(C(C)=O)c3cccnc3)cc2)ccc1NC(=O)Nc1ccccc1C. The zero-order chi connectivity index (χ0) is 31.6. The summed E-state index contributed by atoms with van der Waals surface area (Å²) in [5.74, 6) is -1.29. The molecule has 0 aliphatic rings. The summed E-state index contributed by atoms with van der Waals surface area (Å²) in [6.07, 6.45) is 2.79. The Bertz CT molecular complexity index is 1640. The van der Waals surface area contributed by atoms with E-state index in [2.05, 4.69) is 20.9 Å². The number of carbonyl (C=O) groups is 4. The highest BCUT2D eigenvalue weighted by molar-refractivity contribution is 6.01. The first-order chi connectivity index (χ1) is 21.1. The van der Waals surface area contributed by atoms with Crippen LogP contribution in [0.4, 0.5) is 27.5 Å². The van der Waals surface area contributed by atoms with Gasteiger partial charge in [-0.1, -0.05) is 36.4 Å². The van der Waals surface area contributed by atoms with E-state index in [-0.39, 0.29) is 24.7 Å². The minimum absolute atomic E-state index is 0.0363. The number of carbonyl (C=O) groups excluding carboxylic acids is 3. The normalized spacial score (nSPS) is 11.2. The van der Waals surface area contributed by atoms with Crippen molar-refractivity contribution < 1.29 is 29.0 Å². The van der Waals surface area contributed by atoms with Crippen molar-refractivity contribution in [2.24, 2.45) is 0 Å². The number of aliphatic carboxylic acids is 1. The maximum absolute atomic E-state index is 12.9. The Labute approximate surface area is 254 Å². The molecular formula is C33H33N5O6. The third kappa shape index (κ3) is 8.19. The molecule has 11 heteroatoms. The highest BCUT2D eigenvalue weighted by Gasteiger charge is 2.27.